The molecule has 0 radical (unpaired) electrons. The summed E-state index contributed by atoms with van der Waals surface area (Å²) in [7, 11) is 4.48. The topological polar surface area (TPSA) is 36.7 Å². The smallest absolute Gasteiger partial charge is 0.137 e. The molecular formula is C26H33N5. The van der Waals surface area contributed by atoms with Gasteiger partial charge in [0.15, 0.2) is 0 Å². The van der Waals surface area contributed by atoms with Crippen LogP contribution in [0.3, 0.4) is 0 Å². The summed E-state index contributed by atoms with van der Waals surface area (Å²) < 4.78 is 2.28. The quantitative estimate of drug-likeness (QED) is 0.600. The van der Waals surface area contributed by atoms with E-state index in [1.54, 1.807) is 5.57 Å². The molecule has 0 saturated carbocycles. The predicted octanol–water partition coefficient (Wildman–Crippen LogP) is 5.04. The Morgan fingerprint density at radius 3 is 2.52 bits per heavy atom. The lowest BCUT2D eigenvalue weighted by atomic mass is 9.90. The SMILES string of the molecule is Cc1cccnc1C1CCCC(c2nc3ccccn3c2C=C2CCN(C)CC2)N1C. The van der Waals surface area contributed by atoms with Gasteiger partial charge in [0.2, 0.25) is 0 Å². The maximum atomic E-state index is 5.16. The average molecular weight is 416 g/mol. The zero-order valence-electron chi connectivity index (χ0n) is 19.0. The van der Waals surface area contributed by atoms with Crippen LogP contribution in [0, 0.1) is 6.92 Å². The molecule has 2 unspecified atom stereocenters. The highest BCUT2D eigenvalue weighted by molar-refractivity contribution is 5.59. The van der Waals surface area contributed by atoms with E-state index in [0.717, 1.165) is 44.4 Å². The first-order valence-corrected chi connectivity index (χ1v) is 11.6. The molecule has 2 aliphatic rings. The van der Waals surface area contributed by atoms with E-state index in [9.17, 15) is 0 Å². The summed E-state index contributed by atoms with van der Waals surface area (Å²) in [4.78, 5) is 14.9. The number of rotatable bonds is 3. The molecule has 0 N–H and O–H groups in total. The number of pyridine rings is 2. The van der Waals surface area contributed by atoms with Gasteiger partial charge < -0.3 is 4.90 Å². The number of hydrogen-bond acceptors (Lipinski definition) is 4. The Morgan fingerprint density at radius 1 is 0.968 bits per heavy atom. The molecule has 5 heteroatoms. The molecule has 3 aromatic heterocycles. The van der Waals surface area contributed by atoms with Gasteiger partial charge in [-0.2, -0.15) is 0 Å². The third-order valence-electron chi connectivity index (χ3n) is 7.19. The third-order valence-corrected chi connectivity index (χ3v) is 7.19. The zero-order chi connectivity index (χ0) is 21.4. The minimum absolute atomic E-state index is 0.304. The number of likely N-dealkylation sites (tertiary alicyclic amines) is 2. The summed E-state index contributed by atoms with van der Waals surface area (Å²) in [5.41, 5.74) is 7.57. The standard InChI is InChI=1S/C26H33N5/c1-19-8-7-14-27-25(19)21-9-6-10-22(30(21)3)26-23(18-20-12-16-29(2)17-13-20)31-15-5-4-11-24(31)28-26/h4-5,7-8,11,14-15,18,21-22H,6,9-10,12-13,16-17H2,1-3H3. The summed E-state index contributed by atoms with van der Waals surface area (Å²) in [6.07, 6.45) is 12.3. The van der Waals surface area contributed by atoms with Crippen LogP contribution in [-0.4, -0.2) is 51.4 Å². The van der Waals surface area contributed by atoms with Crippen molar-refractivity contribution in [2.24, 2.45) is 0 Å². The molecule has 0 bridgehead atoms. The molecule has 162 valence electrons. The highest BCUT2D eigenvalue weighted by Crippen LogP contribution is 2.41. The summed E-state index contributed by atoms with van der Waals surface area (Å²) in [6.45, 7) is 4.46. The molecule has 2 aliphatic heterocycles. The van der Waals surface area contributed by atoms with Crippen molar-refractivity contribution in [2.45, 2.75) is 51.1 Å². The van der Waals surface area contributed by atoms with Gasteiger partial charge in [0.1, 0.15) is 5.65 Å². The fourth-order valence-corrected chi connectivity index (χ4v) is 5.30. The molecule has 0 aliphatic carbocycles. The molecular weight excluding hydrogens is 382 g/mol. The lowest BCUT2D eigenvalue weighted by Gasteiger charge is -2.39. The molecule has 2 atom stereocenters. The van der Waals surface area contributed by atoms with Gasteiger partial charge >= 0.3 is 0 Å². The van der Waals surface area contributed by atoms with Gasteiger partial charge in [0.25, 0.3) is 0 Å². The Kier molecular flexibility index (Phi) is 5.63. The number of piperidine rings is 2. The number of hydrogen-bond donors (Lipinski definition) is 0. The van der Waals surface area contributed by atoms with Crippen molar-refractivity contribution in [1.29, 1.82) is 0 Å². The van der Waals surface area contributed by atoms with E-state index in [2.05, 4.69) is 71.8 Å². The fourth-order valence-electron chi connectivity index (χ4n) is 5.30. The second-order valence-electron chi connectivity index (χ2n) is 9.25. The van der Waals surface area contributed by atoms with Crippen molar-refractivity contribution >= 4 is 11.7 Å². The monoisotopic (exact) mass is 415 g/mol. The van der Waals surface area contributed by atoms with Crippen LogP contribution in [0.15, 0.2) is 48.3 Å². The average Bonchev–Trinajstić information content (AvgIpc) is 3.14. The van der Waals surface area contributed by atoms with Crippen molar-refractivity contribution in [3.05, 3.63) is 70.9 Å². The largest absolute Gasteiger partial charge is 0.306 e. The van der Waals surface area contributed by atoms with Crippen LogP contribution < -0.4 is 0 Å². The normalized spacial score (nSPS) is 23.4. The van der Waals surface area contributed by atoms with Crippen molar-refractivity contribution in [3.63, 3.8) is 0 Å². The Bertz CT molecular complexity index is 1090. The summed E-state index contributed by atoms with van der Waals surface area (Å²) in [5, 5.41) is 0. The van der Waals surface area contributed by atoms with Gasteiger partial charge in [-0.05, 0) is 83.0 Å². The van der Waals surface area contributed by atoms with Gasteiger partial charge in [-0.25, -0.2) is 4.98 Å². The lowest BCUT2D eigenvalue weighted by molar-refractivity contribution is 0.109. The Labute approximate surface area is 185 Å². The van der Waals surface area contributed by atoms with Crippen molar-refractivity contribution in [2.75, 3.05) is 27.2 Å². The van der Waals surface area contributed by atoms with E-state index in [1.807, 2.05) is 12.3 Å². The fraction of sp³-hybridized carbons (Fsp3) is 0.462. The van der Waals surface area contributed by atoms with E-state index in [4.69, 9.17) is 9.97 Å². The van der Waals surface area contributed by atoms with E-state index in [-0.39, 0.29) is 0 Å². The summed E-state index contributed by atoms with van der Waals surface area (Å²) in [5.74, 6) is 0. The molecule has 2 fully saturated rings. The Hall–Kier alpha value is -2.50. The van der Waals surface area contributed by atoms with Crippen LogP contribution in [0.5, 0.6) is 0 Å². The van der Waals surface area contributed by atoms with Crippen molar-refractivity contribution < 1.29 is 0 Å². The minimum Gasteiger partial charge on any atom is -0.306 e. The lowest BCUT2D eigenvalue weighted by Crippen LogP contribution is -2.34. The number of nitrogens with zero attached hydrogens (tertiary/aromatic N) is 5. The highest BCUT2D eigenvalue weighted by atomic mass is 15.2. The van der Waals surface area contributed by atoms with Crippen LogP contribution in [0.25, 0.3) is 11.7 Å². The van der Waals surface area contributed by atoms with Gasteiger partial charge in [-0.3, -0.25) is 14.3 Å². The van der Waals surface area contributed by atoms with Gasteiger partial charge in [0.05, 0.1) is 29.2 Å². The first kappa shape index (κ1) is 20.4. The van der Waals surface area contributed by atoms with E-state index in [0.29, 0.717) is 12.1 Å². The van der Waals surface area contributed by atoms with Crippen LogP contribution in [0.4, 0.5) is 0 Å². The molecule has 0 spiro atoms. The van der Waals surface area contributed by atoms with Gasteiger partial charge in [0, 0.05) is 25.5 Å². The second-order valence-corrected chi connectivity index (χ2v) is 9.25. The highest BCUT2D eigenvalue weighted by Gasteiger charge is 2.34. The van der Waals surface area contributed by atoms with E-state index in [1.165, 1.54) is 29.1 Å². The maximum Gasteiger partial charge on any atom is 0.137 e. The molecule has 5 heterocycles. The Balaban J connectivity index is 1.55. The van der Waals surface area contributed by atoms with E-state index >= 15 is 0 Å². The van der Waals surface area contributed by atoms with Gasteiger partial charge in [-0.1, -0.05) is 17.7 Å². The number of imidazole rings is 1. The van der Waals surface area contributed by atoms with Gasteiger partial charge in [-0.15, -0.1) is 0 Å². The first-order valence-electron chi connectivity index (χ1n) is 11.6. The summed E-state index contributed by atoms with van der Waals surface area (Å²) in [6, 6.07) is 11.2. The van der Waals surface area contributed by atoms with Crippen LogP contribution in [0.1, 0.15) is 66.8 Å². The Morgan fingerprint density at radius 2 is 1.74 bits per heavy atom. The molecule has 5 nitrogen and oxygen atoms in total. The maximum absolute atomic E-state index is 5.16. The minimum atomic E-state index is 0.304. The molecule has 31 heavy (non-hydrogen) atoms. The molecule has 0 aromatic carbocycles. The summed E-state index contributed by atoms with van der Waals surface area (Å²) >= 11 is 0. The van der Waals surface area contributed by atoms with Crippen LogP contribution >= 0.6 is 0 Å². The molecule has 5 rings (SSSR count). The van der Waals surface area contributed by atoms with E-state index < -0.39 is 0 Å². The predicted molar refractivity (Wildman–Crippen MR) is 126 cm³/mol. The molecule has 2 saturated heterocycles. The van der Waals surface area contributed by atoms with Crippen molar-refractivity contribution in [1.82, 2.24) is 24.2 Å². The second kappa shape index (κ2) is 8.56. The number of aromatic nitrogens is 3. The van der Waals surface area contributed by atoms with Crippen molar-refractivity contribution in [3.8, 4) is 0 Å². The molecule has 0 amide bonds. The third kappa shape index (κ3) is 3.92. The van der Waals surface area contributed by atoms with Crippen LogP contribution in [-0.2, 0) is 0 Å². The number of fused-ring (bicyclic) bond motifs is 1. The first-order chi connectivity index (χ1) is 15.1. The molecule has 3 aromatic rings. The number of aryl methyl sites for hydroxylation is 1. The zero-order valence-corrected chi connectivity index (χ0v) is 19.0. The van der Waals surface area contributed by atoms with Crippen LogP contribution in [0.2, 0.25) is 0 Å².